The van der Waals surface area contributed by atoms with Crippen molar-refractivity contribution in [1.29, 1.82) is 0 Å². The summed E-state index contributed by atoms with van der Waals surface area (Å²) in [6.45, 7) is 4.00. The summed E-state index contributed by atoms with van der Waals surface area (Å²) in [5.74, 6) is -0.366. The second-order valence-electron chi connectivity index (χ2n) is 9.28. The first-order valence-corrected chi connectivity index (χ1v) is 11.8. The fourth-order valence-electron chi connectivity index (χ4n) is 5.08. The van der Waals surface area contributed by atoms with E-state index in [0.29, 0.717) is 17.9 Å². The Bertz CT molecular complexity index is 1130. The number of benzene rings is 2. The largest absolute Gasteiger partial charge is 0.481 e. The third-order valence-electron chi connectivity index (χ3n) is 7.06. The van der Waals surface area contributed by atoms with Crippen molar-refractivity contribution in [3.63, 3.8) is 0 Å². The number of carboxylic acids is 1. The van der Waals surface area contributed by atoms with Crippen molar-refractivity contribution in [2.24, 2.45) is 5.92 Å². The molecule has 1 saturated carbocycles. The lowest BCUT2D eigenvalue weighted by molar-refractivity contribution is -0.142. The molecule has 4 heteroatoms. The summed E-state index contributed by atoms with van der Waals surface area (Å²) in [5, 5.41) is 9.26. The van der Waals surface area contributed by atoms with Crippen LogP contribution in [0.15, 0.2) is 66.9 Å². The van der Waals surface area contributed by atoms with Crippen LogP contribution in [0.4, 0.5) is 0 Å². The Labute approximate surface area is 195 Å². The van der Waals surface area contributed by atoms with Gasteiger partial charge in [-0.25, -0.2) is 0 Å². The van der Waals surface area contributed by atoms with Crippen LogP contribution >= 0.6 is 0 Å². The number of aliphatic carboxylic acids is 1. The number of rotatable bonds is 7. The van der Waals surface area contributed by atoms with Crippen molar-refractivity contribution in [2.75, 3.05) is 0 Å². The number of carboxylic acid groups (broad SMARTS) is 1. The summed E-state index contributed by atoms with van der Waals surface area (Å²) in [5.41, 5.74) is 6.29. The standard InChI is InChI=1S/C29H31NO3/c1-19-5-3-4-6-26(19)27(18-28(31)25-15-16-30-20(2)17-25)23-11-7-21(8-12-23)22-9-13-24(14-10-22)29(32)33/h3-8,11-12,15-17,22,24,27H,9-10,13-14,18H2,1-2H3,(H,32,33). The summed E-state index contributed by atoms with van der Waals surface area (Å²) in [6.07, 6.45) is 5.41. The zero-order chi connectivity index (χ0) is 23.4. The molecule has 0 saturated heterocycles. The molecule has 1 aliphatic rings. The van der Waals surface area contributed by atoms with Gasteiger partial charge >= 0.3 is 5.97 Å². The average molecular weight is 442 g/mol. The second kappa shape index (κ2) is 10.1. The summed E-state index contributed by atoms with van der Waals surface area (Å²) >= 11 is 0. The van der Waals surface area contributed by atoms with Crippen molar-refractivity contribution in [3.8, 4) is 0 Å². The Balaban J connectivity index is 1.58. The molecule has 33 heavy (non-hydrogen) atoms. The number of aromatic nitrogens is 1. The van der Waals surface area contributed by atoms with E-state index in [0.717, 1.165) is 36.9 Å². The smallest absolute Gasteiger partial charge is 0.306 e. The number of hydrogen-bond donors (Lipinski definition) is 1. The lowest BCUT2D eigenvalue weighted by atomic mass is 9.78. The van der Waals surface area contributed by atoms with E-state index >= 15 is 0 Å². The molecule has 170 valence electrons. The number of carbonyl (C=O) groups is 2. The highest BCUT2D eigenvalue weighted by Crippen LogP contribution is 2.37. The molecule has 0 radical (unpaired) electrons. The van der Waals surface area contributed by atoms with Gasteiger partial charge in [0.1, 0.15) is 0 Å². The first-order chi connectivity index (χ1) is 15.9. The molecule has 4 rings (SSSR count). The fourth-order valence-corrected chi connectivity index (χ4v) is 5.08. The van der Waals surface area contributed by atoms with Gasteiger partial charge in [-0.05, 0) is 79.8 Å². The molecule has 1 fully saturated rings. The highest BCUT2D eigenvalue weighted by molar-refractivity contribution is 5.96. The van der Waals surface area contributed by atoms with E-state index in [4.69, 9.17) is 0 Å². The van der Waals surface area contributed by atoms with E-state index < -0.39 is 5.97 Å². The van der Waals surface area contributed by atoms with Crippen molar-refractivity contribution < 1.29 is 14.7 Å². The van der Waals surface area contributed by atoms with Crippen LogP contribution in [0, 0.1) is 19.8 Å². The minimum absolute atomic E-state index is 0.0241. The number of hydrogen-bond acceptors (Lipinski definition) is 3. The SMILES string of the molecule is Cc1cc(C(=O)CC(c2ccc(C3CCC(C(=O)O)CC3)cc2)c2ccccc2C)ccn1. The molecule has 1 aromatic heterocycles. The molecule has 3 aromatic rings. The molecule has 1 unspecified atom stereocenters. The van der Waals surface area contributed by atoms with Gasteiger partial charge in [0, 0.05) is 29.8 Å². The molecule has 0 aliphatic heterocycles. The minimum atomic E-state index is -0.668. The van der Waals surface area contributed by atoms with Gasteiger partial charge < -0.3 is 5.11 Å². The quantitative estimate of drug-likeness (QED) is 0.427. The predicted molar refractivity (Wildman–Crippen MR) is 130 cm³/mol. The molecule has 1 heterocycles. The van der Waals surface area contributed by atoms with Crippen LogP contribution in [0.3, 0.4) is 0 Å². The maximum atomic E-state index is 13.2. The fraction of sp³-hybridized carbons (Fsp3) is 0.345. The van der Waals surface area contributed by atoms with Gasteiger partial charge in [-0.3, -0.25) is 14.6 Å². The Morgan fingerprint density at radius 2 is 1.67 bits per heavy atom. The Kier molecular flexibility index (Phi) is 7.02. The first-order valence-electron chi connectivity index (χ1n) is 11.8. The molecule has 0 amide bonds. The Morgan fingerprint density at radius 3 is 2.30 bits per heavy atom. The molecule has 1 aliphatic carbocycles. The van der Waals surface area contributed by atoms with Crippen LogP contribution < -0.4 is 0 Å². The van der Waals surface area contributed by atoms with Crippen LogP contribution in [0.25, 0.3) is 0 Å². The molecule has 2 aromatic carbocycles. The van der Waals surface area contributed by atoms with Crippen molar-refractivity contribution in [2.45, 2.75) is 57.8 Å². The number of carbonyl (C=O) groups excluding carboxylic acids is 1. The molecule has 4 nitrogen and oxygen atoms in total. The topological polar surface area (TPSA) is 67.3 Å². The highest BCUT2D eigenvalue weighted by Gasteiger charge is 2.27. The van der Waals surface area contributed by atoms with Crippen LogP contribution in [0.1, 0.15) is 82.2 Å². The number of aryl methyl sites for hydroxylation is 2. The van der Waals surface area contributed by atoms with E-state index in [1.807, 2.05) is 25.1 Å². The number of nitrogens with zero attached hydrogens (tertiary/aromatic N) is 1. The third-order valence-corrected chi connectivity index (χ3v) is 7.06. The van der Waals surface area contributed by atoms with E-state index in [9.17, 15) is 14.7 Å². The minimum Gasteiger partial charge on any atom is -0.481 e. The summed E-state index contributed by atoms with van der Waals surface area (Å²) in [7, 11) is 0. The maximum Gasteiger partial charge on any atom is 0.306 e. The van der Waals surface area contributed by atoms with Gasteiger partial charge in [-0.15, -0.1) is 0 Å². The Hall–Kier alpha value is -3.27. The van der Waals surface area contributed by atoms with Gasteiger partial charge in [0.05, 0.1) is 5.92 Å². The lowest BCUT2D eigenvalue weighted by Crippen LogP contribution is -2.20. The molecular weight excluding hydrogens is 410 g/mol. The zero-order valence-corrected chi connectivity index (χ0v) is 19.3. The zero-order valence-electron chi connectivity index (χ0n) is 19.3. The lowest BCUT2D eigenvalue weighted by Gasteiger charge is -2.27. The summed E-state index contributed by atoms with van der Waals surface area (Å²) in [6, 6.07) is 20.6. The van der Waals surface area contributed by atoms with Crippen LogP contribution in [0.2, 0.25) is 0 Å². The molecule has 0 bridgehead atoms. The van der Waals surface area contributed by atoms with Crippen LogP contribution in [0.5, 0.6) is 0 Å². The number of Topliss-reactive ketones (excluding diaryl/α,β-unsaturated/α-hetero) is 1. The number of pyridine rings is 1. The van der Waals surface area contributed by atoms with Gasteiger partial charge in [0.2, 0.25) is 0 Å². The van der Waals surface area contributed by atoms with E-state index in [1.54, 1.807) is 12.3 Å². The third kappa shape index (κ3) is 5.39. The van der Waals surface area contributed by atoms with Crippen LogP contribution in [-0.2, 0) is 4.79 Å². The second-order valence-corrected chi connectivity index (χ2v) is 9.28. The van der Waals surface area contributed by atoms with E-state index in [-0.39, 0.29) is 17.6 Å². The van der Waals surface area contributed by atoms with Crippen LogP contribution in [-0.4, -0.2) is 21.8 Å². The normalized spacial score (nSPS) is 19.1. The van der Waals surface area contributed by atoms with E-state index in [2.05, 4.69) is 48.3 Å². The van der Waals surface area contributed by atoms with Crippen molar-refractivity contribution >= 4 is 11.8 Å². The Morgan fingerprint density at radius 1 is 0.970 bits per heavy atom. The molecule has 1 atom stereocenters. The van der Waals surface area contributed by atoms with Gasteiger partial charge in [-0.2, -0.15) is 0 Å². The average Bonchev–Trinajstić information content (AvgIpc) is 2.83. The predicted octanol–water partition coefficient (Wildman–Crippen LogP) is 6.46. The monoisotopic (exact) mass is 441 g/mol. The van der Waals surface area contributed by atoms with Gasteiger partial charge in [0.25, 0.3) is 0 Å². The van der Waals surface area contributed by atoms with Crippen molar-refractivity contribution in [1.82, 2.24) is 4.98 Å². The van der Waals surface area contributed by atoms with Gasteiger partial charge in [0.15, 0.2) is 5.78 Å². The first kappa shape index (κ1) is 22.9. The number of ketones is 1. The van der Waals surface area contributed by atoms with Crippen molar-refractivity contribution in [3.05, 3.63) is 100 Å². The molecular formula is C29H31NO3. The summed E-state index contributed by atoms with van der Waals surface area (Å²) < 4.78 is 0. The summed E-state index contributed by atoms with van der Waals surface area (Å²) in [4.78, 5) is 28.7. The van der Waals surface area contributed by atoms with Gasteiger partial charge in [-0.1, -0.05) is 48.5 Å². The maximum absolute atomic E-state index is 13.2. The molecule has 1 N–H and O–H groups in total. The highest BCUT2D eigenvalue weighted by atomic mass is 16.4. The van der Waals surface area contributed by atoms with E-state index in [1.165, 1.54) is 16.7 Å². The molecule has 0 spiro atoms.